The normalized spacial score (nSPS) is 38.1. The fourth-order valence-corrected chi connectivity index (χ4v) is 8.71. The first-order valence-electron chi connectivity index (χ1n) is 13.9. The Hall–Kier alpha value is -0.780. The van der Waals surface area contributed by atoms with Crippen molar-refractivity contribution in [3.05, 3.63) is 34.4 Å². The molecular formula is C31H50. The third-order valence-electron chi connectivity index (χ3n) is 10.4. The second-order valence-electron chi connectivity index (χ2n) is 12.5. The largest absolute Gasteiger partial charge is 0.0859 e. The van der Waals surface area contributed by atoms with Gasteiger partial charge in [0.15, 0.2) is 0 Å². The van der Waals surface area contributed by atoms with Crippen LogP contribution in [0, 0.1) is 34.5 Å². The molecule has 6 atom stereocenters. The molecule has 0 heterocycles. The minimum atomic E-state index is 0.447. The molecule has 0 nitrogen and oxygen atoms in total. The lowest BCUT2D eigenvalue weighted by Gasteiger charge is -2.55. The topological polar surface area (TPSA) is 0 Å². The minimum absolute atomic E-state index is 0.447. The standard InChI is InChI=1S/C31H50/c1-7-8-13-24-14-10-20-30(5)27(24)16-15-25-28-18-17-26(23(4)12-9-11-22(2)3)31(28,6)21-19-29(25)30/h11,18,23-24,26-27H,7-10,12-17,19-21H2,1-6H3/t23-,24?,26-,27?,30+,31-/m1/s1. The minimum Gasteiger partial charge on any atom is -0.0859 e. The molecule has 0 aromatic rings. The number of rotatable bonds is 7. The Kier molecular flexibility index (Phi) is 6.96. The smallest absolute Gasteiger partial charge is 0.00389 e. The van der Waals surface area contributed by atoms with E-state index < -0.39 is 0 Å². The fourth-order valence-electron chi connectivity index (χ4n) is 8.71. The SMILES string of the molecule is CCCCC1CCC[C@]2(C)C3=C(CCC12)C1=CC[C@H]([C@H](C)CCC=C(C)C)[C@@]1(C)CC3. The summed E-state index contributed by atoms with van der Waals surface area (Å²) < 4.78 is 0. The Labute approximate surface area is 194 Å². The summed E-state index contributed by atoms with van der Waals surface area (Å²) in [7, 11) is 0. The number of allylic oxidation sites excluding steroid dienone is 6. The summed E-state index contributed by atoms with van der Waals surface area (Å²) in [4.78, 5) is 0. The van der Waals surface area contributed by atoms with Crippen LogP contribution < -0.4 is 0 Å². The van der Waals surface area contributed by atoms with Crippen molar-refractivity contribution in [2.45, 2.75) is 125 Å². The van der Waals surface area contributed by atoms with E-state index >= 15 is 0 Å². The summed E-state index contributed by atoms with van der Waals surface area (Å²) in [5.41, 5.74) is 8.06. The zero-order chi connectivity index (χ0) is 22.2. The lowest BCUT2D eigenvalue weighted by Crippen LogP contribution is -2.44. The van der Waals surface area contributed by atoms with E-state index in [2.05, 4.69) is 53.7 Å². The Morgan fingerprint density at radius 3 is 2.68 bits per heavy atom. The van der Waals surface area contributed by atoms with E-state index in [0.717, 1.165) is 23.7 Å². The molecule has 0 heteroatoms. The van der Waals surface area contributed by atoms with Gasteiger partial charge in [0, 0.05) is 0 Å². The molecule has 0 spiro atoms. The van der Waals surface area contributed by atoms with Crippen molar-refractivity contribution in [3.8, 4) is 0 Å². The summed E-state index contributed by atoms with van der Waals surface area (Å²) in [5.74, 6) is 3.66. The maximum atomic E-state index is 2.72. The number of fused-ring (bicyclic) bond motifs is 4. The molecule has 2 unspecified atom stereocenters. The summed E-state index contributed by atoms with van der Waals surface area (Å²) in [5, 5.41) is 0. The van der Waals surface area contributed by atoms with Gasteiger partial charge in [-0.1, -0.05) is 83.1 Å². The Morgan fingerprint density at radius 2 is 1.94 bits per heavy atom. The first kappa shape index (κ1) is 23.4. The molecule has 0 N–H and O–H groups in total. The molecule has 0 aromatic heterocycles. The van der Waals surface area contributed by atoms with Gasteiger partial charge in [0.2, 0.25) is 0 Å². The van der Waals surface area contributed by atoms with Crippen molar-refractivity contribution in [3.63, 3.8) is 0 Å². The zero-order valence-electron chi connectivity index (χ0n) is 21.7. The van der Waals surface area contributed by atoms with Gasteiger partial charge in [-0.15, -0.1) is 0 Å². The first-order valence-corrected chi connectivity index (χ1v) is 13.9. The van der Waals surface area contributed by atoms with Crippen LogP contribution in [0.3, 0.4) is 0 Å². The highest BCUT2D eigenvalue weighted by atomic mass is 14.6. The number of hydrogen-bond donors (Lipinski definition) is 0. The molecule has 0 aromatic carbocycles. The van der Waals surface area contributed by atoms with Crippen molar-refractivity contribution in [2.24, 2.45) is 34.5 Å². The first-order chi connectivity index (χ1) is 14.8. The van der Waals surface area contributed by atoms with Crippen LogP contribution in [0.15, 0.2) is 34.4 Å². The maximum absolute atomic E-state index is 2.72. The molecule has 0 bridgehead atoms. The lowest BCUT2D eigenvalue weighted by atomic mass is 9.49. The molecule has 0 amide bonds. The van der Waals surface area contributed by atoms with Gasteiger partial charge in [0.05, 0.1) is 0 Å². The van der Waals surface area contributed by atoms with Crippen molar-refractivity contribution >= 4 is 0 Å². The van der Waals surface area contributed by atoms with E-state index in [1.165, 1.54) is 89.0 Å². The molecule has 4 rings (SSSR count). The Balaban J connectivity index is 1.55. The summed E-state index contributed by atoms with van der Waals surface area (Å²) in [6.45, 7) is 14.7. The third-order valence-corrected chi connectivity index (χ3v) is 10.4. The summed E-state index contributed by atoms with van der Waals surface area (Å²) in [6.07, 6.45) is 23.5. The van der Waals surface area contributed by atoms with Crippen LogP contribution in [0.5, 0.6) is 0 Å². The highest BCUT2D eigenvalue weighted by Crippen LogP contribution is 2.65. The molecule has 1 fully saturated rings. The molecule has 174 valence electrons. The Bertz CT molecular complexity index is 744. The van der Waals surface area contributed by atoms with Gasteiger partial charge >= 0.3 is 0 Å². The van der Waals surface area contributed by atoms with Crippen LogP contribution in [0.4, 0.5) is 0 Å². The molecule has 0 saturated heterocycles. The fraction of sp³-hybridized carbons (Fsp3) is 0.806. The molecule has 31 heavy (non-hydrogen) atoms. The summed E-state index contributed by atoms with van der Waals surface area (Å²) >= 11 is 0. The van der Waals surface area contributed by atoms with Crippen molar-refractivity contribution in [1.29, 1.82) is 0 Å². The molecule has 1 saturated carbocycles. The second kappa shape index (κ2) is 9.23. The molecule has 4 aliphatic rings. The lowest BCUT2D eigenvalue weighted by molar-refractivity contribution is 0.0540. The molecule has 4 aliphatic carbocycles. The summed E-state index contributed by atoms with van der Waals surface area (Å²) in [6, 6.07) is 0. The van der Waals surface area contributed by atoms with Gasteiger partial charge < -0.3 is 0 Å². The van der Waals surface area contributed by atoms with Crippen LogP contribution in [0.25, 0.3) is 0 Å². The average Bonchev–Trinajstić information content (AvgIpc) is 3.08. The van der Waals surface area contributed by atoms with Gasteiger partial charge in [0.25, 0.3) is 0 Å². The number of unbranched alkanes of at least 4 members (excludes halogenated alkanes) is 1. The maximum Gasteiger partial charge on any atom is -0.00389 e. The molecule has 0 radical (unpaired) electrons. The van der Waals surface area contributed by atoms with Gasteiger partial charge in [-0.05, 0) is 111 Å². The van der Waals surface area contributed by atoms with Crippen LogP contribution in [0.2, 0.25) is 0 Å². The van der Waals surface area contributed by atoms with Crippen LogP contribution in [-0.4, -0.2) is 0 Å². The van der Waals surface area contributed by atoms with E-state index in [1.807, 2.05) is 16.7 Å². The second-order valence-corrected chi connectivity index (χ2v) is 12.5. The van der Waals surface area contributed by atoms with Crippen LogP contribution in [-0.2, 0) is 0 Å². The molecule has 0 aliphatic heterocycles. The Morgan fingerprint density at radius 1 is 1.13 bits per heavy atom. The van der Waals surface area contributed by atoms with Crippen molar-refractivity contribution < 1.29 is 0 Å². The van der Waals surface area contributed by atoms with Gasteiger partial charge in [-0.3, -0.25) is 0 Å². The third kappa shape index (κ3) is 4.15. The number of hydrogen-bond acceptors (Lipinski definition) is 0. The average molecular weight is 423 g/mol. The van der Waals surface area contributed by atoms with Crippen molar-refractivity contribution in [1.82, 2.24) is 0 Å². The van der Waals surface area contributed by atoms with E-state index in [1.54, 1.807) is 0 Å². The predicted octanol–water partition coefficient (Wildman–Crippen LogP) is 9.82. The van der Waals surface area contributed by atoms with Gasteiger partial charge in [0.1, 0.15) is 0 Å². The van der Waals surface area contributed by atoms with E-state index in [9.17, 15) is 0 Å². The predicted molar refractivity (Wildman–Crippen MR) is 136 cm³/mol. The highest BCUT2D eigenvalue weighted by Gasteiger charge is 2.53. The van der Waals surface area contributed by atoms with Crippen LogP contribution >= 0.6 is 0 Å². The van der Waals surface area contributed by atoms with Gasteiger partial charge in [-0.2, -0.15) is 0 Å². The highest BCUT2D eigenvalue weighted by molar-refractivity contribution is 5.49. The molecular weight excluding hydrogens is 372 g/mol. The van der Waals surface area contributed by atoms with Crippen LogP contribution in [0.1, 0.15) is 125 Å². The quantitative estimate of drug-likeness (QED) is 0.358. The van der Waals surface area contributed by atoms with E-state index in [0.29, 0.717) is 10.8 Å². The van der Waals surface area contributed by atoms with Crippen molar-refractivity contribution in [2.75, 3.05) is 0 Å². The van der Waals surface area contributed by atoms with E-state index in [-0.39, 0.29) is 0 Å². The van der Waals surface area contributed by atoms with Gasteiger partial charge in [-0.25, -0.2) is 0 Å². The van der Waals surface area contributed by atoms with E-state index in [4.69, 9.17) is 0 Å². The zero-order valence-corrected chi connectivity index (χ0v) is 21.7. The monoisotopic (exact) mass is 422 g/mol.